The molecule has 0 aliphatic rings. The Balaban J connectivity index is 2.31. The number of hydrogen-bond acceptors (Lipinski definition) is 2. The SMILES string of the molecule is NC(c1ccc(F)cc1)c1cc(F)cc(OC(F)(F)C(F)F)c1. The van der Waals surface area contributed by atoms with Crippen LogP contribution in [0.15, 0.2) is 42.5 Å². The summed E-state index contributed by atoms with van der Waals surface area (Å²) >= 11 is 0. The van der Waals surface area contributed by atoms with E-state index in [-0.39, 0.29) is 5.56 Å². The number of benzene rings is 2. The molecule has 0 heterocycles. The molecule has 23 heavy (non-hydrogen) atoms. The molecule has 0 amide bonds. The third-order valence-electron chi connectivity index (χ3n) is 2.99. The third-order valence-corrected chi connectivity index (χ3v) is 2.99. The number of rotatable bonds is 5. The molecule has 8 heteroatoms. The molecule has 0 bridgehead atoms. The first-order valence-corrected chi connectivity index (χ1v) is 6.35. The highest BCUT2D eigenvalue weighted by atomic mass is 19.3. The maximum Gasteiger partial charge on any atom is 0.461 e. The van der Waals surface area contributed by atoms with Crippen molar-refractivity contribution in [3.8, 4) is 5.75 Å². The zero-order valence-electron chi connectivity index (χ0n) is 11.4. The molecule has 0 fully saturated rings. The van der Waals surface area contributed by atoms with E-state index in [0.29, 0.717) is 11.6 Å². The van der Waals surface area contributed by atoms with Crippen molar-refractivity contribution in [1.82, 2.24) is 0 Å². The Morgan fingerprint density at radius 3 is 2.04 bits per heavy atom. The minimum Gasteiger partial charge on any atom is -0.428 e. The Morgan fingerprint density at radius 1 is 0.870 bits per heavy atom. The molecule has 1 unspecified atom stereocenters. The van der Waals surface area contributed by atoms with Gasteiger partial charge in [0.2, 0.25) is 0 Å². The van der Waals surface area contributed by atoms with Crippen LogP contribution >= 0.6 is 0 Å². The topological polar surface area (TPSA) is 35.2 Å². The van der Waals surface area contributed by atoms with E-state index in [1.165, 1.54) is 12.1 Å². The lowest BCUT2D eigenvalue weighted by atomic mass is 9.99. The monoisotopic (exact) mass is 335 g/mol. The van der Waals surface area contributed by atoms with E-state index in [1.54, 1.807) is 0 Å². The van der Waals surface area contributed by atoms with Gasteiger partial charge in [-0.3, -0.25) is 0 Å². The summed E-state index contributed by atoms with van der Waals surface area (Å²) in [4.78, 5) is 0. The second-order valence-corrected chi connectivity index (χ2v) is 4.71. The molecule has 2 aromatic rings. The van der Waals surface area contributed by atoms with Gasteiger partial charge in [0.05, 0.1) is 6.04 Å². The molecule has 0 aliphatic heterocycles. The standard InChI is InChI=1S/C15H11F6NO/c16-10-3-1-8(2-4-10)13(22)9-5-11(17)7-12(6-9)23-15(20,21)14(18)19/h1-7,13-14H,22H2. The molecule has 2 nitrogen and oxygen atoms in total. The lowest BCUT2D eigenvalue weighted by molar-refractivity contribution is -0.253. The highest BCUT2D eigenvalue weighted by molar-refractivity contribution is 5.37. The van der Waals surface area contributed by atoms with Crippen LogP contribution in [0.5, 0.6) is 5.75 Å². The van der Waals surface area contributed by atoms with Gasteiger partial charge in [0.15, 0.2) is 0 Å². The average molecular weight is 335 g/mol. The van der Waals surface area contributed by atoms with Gasteiger partial charge in [-0.15, -0.1) is 0 Å². The van der Waals surface area contributed by atoms with Crippen molar-refractivity contribution in [3.63, 3.8) is 0 Å². The number of alkyl halides is 4. The largest absolute Gasteiger partial charge is 0.461 e. The van der Waals surface area contributed by atoms with Gasteiger partial charge in [0, 0.05) is 6.07 Å². The Kier molecular flexibility index (Phi) is 4.84. The molecule has 1 atom stereocenters. The van der Waals surface area contributed by atoms with Gasteiger partial charge in [-0.25, -0.2) is 8.78 Å². The summed E-state index contributed by atoms with van der Waals surface area (Å²) < 4.78 is 80.3. The number of ether oxygens (including phenoxy) is 1. The van der Waals surface area contributed by atoms with E-state index in [2.05, 4.69) is 4.74 Å². The van der Waals surface area contributed by atoms with Crippen LogP contribution in [0.1, 0.15) is 17.2 Å². The quantitative estimate of drug-likeness (QED) is 0.829. The highest BCUT2D eigenvalue weighted by Crippen LogP contribution is 2.31. The van der Waals surface area contributed by atoms with Crippen LogP contribution in [0.3, 0.4) is 0 Å². The zero-order valence-corrected chi connectivity index (χ0v) is 11.4. The molecule has 0 saturated heterocycles. The normalized spacial score (nSPS) is 13.2. The van der Waals surface area contributed by atoms with Crippen LogP contribution in [0.25, 0.3) is 0 Å². The summed E-state index contributed by atoms with van der Waals surface area (Å²) in [6.45, 7) is 0. The maximum absolute atomic E-state index is 13.5. The third kappa shape index (κ3) is 4.16. The molecular weight excluding hydrogens is 324 g/mol. The molecule has 0 radical (unpaired) electrons. The minimum absolute atomic E-state index is 0.0108. The van der Waals surface area contributed by atoms with Crippen molar-refractivity contribution in [1.29, 1.82) is 0 Å². The van der Waals surface area contributed by atoms with Crippen LogP contribution in [0.4, 0.5) is 26.3 Å². The van der Waals surface area contributed by atoms with Crippen LogP contribution in [-0.4, -0.2) is 12.5 Å². The number of hydrogen-bond donors (Lipinski definition) is 1. The van der Waals surface area contributed by atoms with Gasteiger partial charge >= 0.3 is 12.5 Å². The lowest BCUT2D eigenvalue weighted by Crippen LogP contribution is -2.33. The zero-order chi connectivity index (χ0) is 17.2. The molecule has 0 saturated carbocycles. The Labute approximate surface area is 127 Å². The molecule has 2 rings (SSSR count). The first-order valence-electron chi connectivity index (χ1n) is 6.35. The van der Waals surface area contributed by atoms with Gasteiger partial charge in [0.25, 0.3) is 0 Å². The van der Waals surface area contributed by atoms with E-state index in [1.807, 2.05) is 0 Å². The maximum atomic E-state index is 13.5. The molecule has 0 spiro atoms. The molecular formula is C15H11F6NO. The fraction of sp³-hybridized carbons (Fsp3) is 0.200. The second-order valence-electron chi connectivity index (χ2n) is 4.71. The smallest absolute Gasteiger partial charge is 0.428 e. The minimum atomic E-state index is -4.76. The predicted molar refractivity (Wildman–Crippen MR) is 70.4 cm³/mol. The fourth-order valence-corrected chi connectivity index (χ4v) is 1.89. The molecule has 2 N–H and O–H groups in total. The summed E-state index contributed by atoms with van der Waals surface area (Å²) in [5, 5.41) is 0. The van der Waals surface area contributed by atoms with Crippen molar-refractivity contribution in [2.75, 3.05) is 0 Å². The molecule has 0 aliphatic carbocycles. The van der Waals surface area contributed by atoms with Crippen LogP contribution in [0.2, 0.25) is 0 Å². The van der Waals surface area contributed by atoms with Gasteiger partial charge in [-0.05, 0) is 35.4 Å². The van der Waals surface area contributed by atoms with E-state index in [0.717, 1.165) is 24.3 Å². The Morgan fingerprint density at radius 2 is 1.48 bits per heavy atom. The molecule has 2 aromatic carbocycles. The first kappa shape index (κ1) is 17.1. The van der Waals surface area contributed by atoms with E-state index in [9.17, 15) is 26.3 Å². The lowest BCUT2D eigenvalue weighted by Gasteiger charge is -2.19. The van der Waals surface area contributed by atoms with Crippen molar-refractivity contribution in [2.24, 2.45) is 5.73 Å². The van der Waals surface area contributed by atoms with Crippen molar-refractivity contribution in [2.45, 2.75) is 18.6 Å². The summed E-state index contributed by atoms with van der Waals surface area (Å²) in [5.74, 6) is -2.29. The first-order chi connectivity index (χ1) is 10.7. The molecule has 0 aromatic heterocycles. The summed E-state index contributed by atoms with van der Waals surface area (Å²) in [6, 6.07) is 6.34. The van der Waals surface area contributed by atoms with Crippen molar-refractivity contribution < 1.29 is 31.1 Å². The second kappa shape index (κ2) is 6.49. The van der Waals surface area contributed by atoms with E-state index < -0.39 is 36.0 Å². The average Bonchev–Trinajstić information content (AvgIpc) is 2.46. The van der Waals surface area contributed by atoms with Crippen molar-refractivity contribution in [3.05, 3.63) is 65.2 Å². The number of halogens is 6. The Bertz CT molecular complexity index is 674. The van der Waals surface area contributed by atoms with Gasteiger partial charge in [-0.2, -0.15) is 17.6 Å². The van der Waals surface area contributed by atoms with Crippen molar-refractivity contribution >= 4 is 0 Å². The Hall–Kier alpha value is -2.22. The fourth-order valence-electron chi connectivity index (χ4n) is 1.89. The number of nitrogens with two attached hydrogens (primary N) is 1. The van der Waals surface area contributed by atoms with Crippen LogP contribution < -0.4 is 10.5 Å². The van der Waals surface area contributed by atoms with Crippen LogP contribution in [-0.2, 0) is 0 Å². The van der Waals surface area contributed by atoms with E-state index >= 15 is 0 Å². The van der Waals surface area contributed by atoms with Gasteiger partial charge in [0.1, 0.15) is 17.4 Å². The van der Waals surface area contributed by atoms with Crippen LogP contribution in [0, 0.1) is 11.6 Å². The molecule has 124 valence electrons. The summed E-state index contributed by atoms with van der Waals surface area (Å²) in [7, 11) is 0. The summed E-state index contributed by atoms with van der Waals surface area (Å²) in [5.41, 5.74) is 6.24. The highest BCUT2D eigenvalue weighted by Gasteiger charge is 2.44. The van der Waals surface area contributed by atoms with Gasteiger partial charge in [-0.1, -0.05) is 12.1 Å². The summed E-state index contributed by atoms with van der Waals surface area (Å²) in [6.07, 6.45) is -8.83. The van der Waals surface area contributed by atoms with E-state index in [4.69, 9.17) is 5.73 Å². The predicted octanol–water partition coefficient (Wildman–Crippen LogP) is 4.25. The van der Waals surface area contributed by atoms with Gasteiger partial charge < -0.3 is 10.5 Å².